The third-order valence-electron chi connectivity index (χ3n) is 5.03. The molecule has 0 spiro atoms. The lowest BCUT2D eigenvalue weighted by molar-refractivity contribution is -0.132. The summed E-state index contributed by atoms with van der Waals surface area (Å²) in [6.45, 7) is 3.28. The summed E-state index contributed by atoms with van der Waals surface area (Å²) in [5.74, 6) is 0.908. The van der Waals surface area contributed by atoms with Crippen molar-refractivity contribution in [3.05, 3.63) is 23.8 Å². The van der Waals surface area contributed by atoms with Crippen molar-refractivity contribution in [3.63, 3.8) is 0 Å². The van der Waals surface area contributed by atoms with Crippen molar-refractivity contribution in [1.82, 2.24) is 9.80 Å². The van der Waals surface area contributed by atoms with Crippen LogP contribution in [-0.2, 0) is 4.79 Å². The number of fused-ring (bicyclic) bond motifs is 1. The summed E-state index contributed by atoms with van der Waals surface area (Å²) < 4.78 is 5.85. The van der Waals surface area contributed by atoms with Gasteiger partial charge in [0.25, 0.3) is 5.91 Å². The first-order chi connectivity index (χ1) is 11.9. The molecule has 0 radical (unpaired) electrons. The maximum absolute atomic E-state index is 12.6. The van der Waals surface area contributed by atoms with Crippen LogP contribution >= 0.6 is 0 Å². The first-order valence-corrected chi connectivity index (χ1v) is 8.93. The second-order valence-electron chi connectivity index (χ2n) is 7.07. The van der Waals surface area contributed by atoms with Crippen LogP contribution in [0.2, 0.25) is 0 Å². The Bertz CT molecular complexity index is 670. The van der Waals surface area contributed by atoms with Crippen molar-refractivity contribution in [2.75, 3.05) is 39.2 Å². The highest BCUT2D eigenvalue weighted by Crippen LogP contribution is 2.35. The van der Waals surface area contributed by atoms with Gasteiger partial charge in [-0.2, -0.15) is 0 Å². The van der Waals surface area contributed by atoms with E-state index >= 15 is 0 Å². The van der Waals surface area contributed by atoms with Crippen LogP contribution in [0.4, 0.5) is 5.69 Å². The van der Waals surface area contributed by atoms with Gasteiger partial charge in [-0.25, -0.2) is 0 Å². The molecule has 1 aliphatic heterocycles. The smallest absolute Gasteiger partial charge is 0.253 e. The number of nitrogens with zero attached hydrogens (tertiary/aromatic N) is 3. The van der Waals surface area contributed by atoms with Gasteiger partial charge in [-0.15, -0.1) is 0 Å². The van der Waals surface area contributed by atoms with E-state index < -0.39 is 0 Å². The topological polar surface area (TPSA) is 53.1 Å². The molecule has 136 valence electrons. The molecule has 1 aromatic rings. The summed E-state index contributed by atoms with van der Waals surface area (Å²) in [6, 6.07) is 5.89. The monoisotopic (exact) mass is 345 g/mol. The average molecular weight is 345 g/mol. The van der Waals surface area contributed by atoms with Crippen LogP contribution in [0.3, 0.4) is 0 Å². The summed E-state index contributed by atoms with van der Waals surface area (Å²) in [5, 5.41) is 0. The summed E-state index contributed by atoms with van der Waals surface area (Å²) >= 11 is 0. The number of hydrogen-bond acceptors (Lipinski definition) is 4. The third-order valence-corrected chi connectivity index (χ3v) is 5.03. The van der Waals surface area contributed by atoms with E-state index in [-0.39, 0.29) is 17.9 Å². The fourth-order valence-electron chi connectivity index (χ4n) is 3.34. The number of rotatable bonds is 5. The zero-order valence-electron chi connectivity index (χ0n) is 15.5. The van der Waals surface area contributed by atoms with E-state index in [9.17, 15) is 9.59 Å². The van der Waals surface area contributed by atoms with Gasteiger partial charge in [0.1, 0.15) is 12.4 Å². The zero-order chi connectivity index (χ0) is 18.1. The van der Waals surface area contributed by atoms with Crippen molar-refractivity contribution in [1.29, 1.82) is 0 Å². The van der Waals surface area contributed by atoms with Crippen molar-refractivity contribution in [2.24, 2.45) is 0 Å². The number of likely N-dealkylation sites (N-methyl/N-ethyl adjacent to an activating group) is 1. The van der Waals surface area contributed by atoms with Gasteiger partial charge >= 0.3 is 0 Å². The lowest BCUT2D eigenvalue weighted by Crippen LogP contribution is -2.45. The summed E-state index contributed by atoms with van der Waals surface area (Å²) in [7, 11) is 5.44. The van der Waals surface area contributed by atoms with Gasteiger partial charge in [-0.05, 0) is 38.0 Å². The number of ether oxygens (including phenoxy) is 1. The molecule has 6 nitrogen and oxygen atoms in total. The van der Waals surface area contributed by atoms with Gasteiger partial charge in [-0.3, -0.25) is 9.59 Å². The SMILES string of the molecule is CCN(C(=O)CC1COc2ccc(C(=O)N(C)C)cc2N1C)C1CC1. The fourth-order valence-corrected chi connectivity index (χ4v) is 3.34. The quantitative estimate of drug-likeness (QED) is 0.819. The average Bonchev–Trinajstić information content (AvgIpc) is 3.42. The molecule has 25 heavy (non-hydrogen) atoms. The van der Waals surface area contributed by atoms with Crippen molar-refractivity contribution in [3.8, 4) is 5.75 Å². The predicted molar refractivity (Wildman–Crippen MR) is 97.2 cm³/mol. The molecule has 0 N–H and O–H groups in total. The molecule has 0 saturated heterocycles. The Balaban J connectivity index is 1.75. The molecule has 1 unspecified atom stereocenters. The van der Waals surface area contributed by atoms with Crippen LogP contribution in [0.15, 0.2) is 18.2 Å². The molecule has 2 amide bonds. The van der Waals surface area contributed by atoms with Crippen LogP contribution in [0.5, 0.6) is 5.75 Å². The Kier molecular flexibility index (Phi) is 4.88. The Morgan fingerprint density at radius 2 is 2.00 bits per heavy atom. The van der Waals surface area contributed by atoms with Gasteiger partial charge in [0.2, 0.25) is 5.91 Å². The van der Waals surface area contributed by atoms with Crippen molar-refractivity contribution in [2.45, 2.75) is 38.3 Å². The van der Waals surface area contributed by atoms with Crippen LogP contribution in [0.1, 0.15) is 36.5 Å². The Morgan fingerprint density at radius 3 is 2.60 bits per heavy atom. The van der Waals surface area contributed by atoms with Crippen LogP contribution < -0.4 is 9.64 Å². The number of carbonyl (C=O) groups is 2. The molecule has 6 heteroatoms. The third kappa shape index (κ3) is 3.57. The molecule has 0 bridgehead atoms. The molecule has 1 atom stereocenters. The Hall–Kier alpha value is -2.24. The van der Waals surface area contributed by atoms with E-state index in [4.69, 9.17) is 4.74 Å². The van der Waals surface area contributed by atoms with Crippen molar-refractivity contribution < 1.29 is 14.3 Å². The molecule has 0 aromatic heterocycles. The number of amides is 2. The molecular weight excluding hydrogens is 318 g/mol. The molecule has 1 aliphatic carbocycles. The molecule has 1 fully saturated rings. The van der Waals surface area contributed by atoms with E-state index in [1.54, 1.807) is 25.1 Å². The molecule has 3 rings (SSSR count). The predicted octanol–water partition coefficient (Wildman–Crippen LogP) is 1.99. The molecule has 1 heterocycles. The summed E-state index contributed by atoms with van der Waals surface area (Å²) in [5.41, 5.74) is 1.49. The largest absolute Gasteiger partial charge is 0.489 e. The summed E-state index contributed by atoms with van der Waals surface area (Å²) in [4.78, 5) is 30.5. The highest BCUT2D eigenvalue weighted by Gasteiger charge is 2.34. The molecule has 1 saturated carbocycles. The normalized spacial score (nSPS) is 19.0. The van der Waals surface area contributed by atoms with E-state index in [0.29, 0.717) is 24.6 Å². The number of benzene rings is 1. The standard InChI is InChI=1S/C19H27N3O3/c1-5-22(14-7-8-14)18(23)11-15-12-25-17-9-6-13(19(24)20(2)3)10-16(17)21(15)4/h6,9-10,14-15H,5,7-8,11-12H2,1-4H3. The van der Waals surface area contributed by atoms with Crippen molar-refractivity contribution >= 4 is 17.5 Å². The van der Waals surface area contributed by atoms with Crippen LogP contribution in [0.25, 0.3) is 0 Å². The first-order valence-electron chi connectivity index (χ1n) is 8.93. The fraction of sp³-hybridized carbons (Fsp3) is 0.579. The lowest BCUT2D eigenvalue weighted by atomic mass is 10.1. The Labute approximate surface area is 149 Å². The van der Waals surface area contributed by atoms with Gasteiger partial charge in [0.05, 0.1) is 18.2 Å². The van der Waals surface area contributed by atoms with E-state index in [1.165, 1.54) is 0 Å². The zero-order valence-corrected chi connectivity index (χ0v) is 15.5. The van der Waals surface area contributed by atoms with Crippen LogP contribution in [-0.4, -0.2) is 68.0 Å². The maximum atomic E-state index is 12.6. The highest BCUT2D eigenvalue weighted by atomic mass is 16.5. The highest BCUT2D eigenvalue weighted by molar-refractivity contribution is 5.95. The number of carbonyl (C=O) groups excluding carboxylic acids is 2. The van der Waals surface area contributed by atoms with Gasteiger partial charge in [0.15, 0.2) is 0 Å². The van der Waals surface area contributed by atoms with E-state index in [1.807, 2.05) is 31.0 Å². The minimum absolute atomic E-state index is 0.0162. The lowest BCUT2D eigenvalue weighted by Gasteiger charge is -2.36. The minimum Gasteiger partial charge on any atom is -0.489 e. The second-order valence-corrected chi connectivity index (χ2v) is 7.07. The molecule has 2 aliphatic rings. The number of hydrogen-bond donors (Lipinski definition) is 0. The Morgan fingerprint density at radius 1 is 1.28 bits per heavy atom. The first kappa shape index (κ1) is 17.6. The van der Waals surface area contributed by atoms with Crippen LogP contribution in [0, 0.1) is 0 Å². The van der Waals surface area contributed by atoms with Gasteiger partial charge in [0, 0.05) is 39.3 Å². The maximum Gasteiger partial charge on any atom is 0.253 e. The molecule has 1 aromatic carbocycles. The second kappa shape index (κ2) is 6.94. The van der Waals surface area contributed by atoms with Gasteiger partial charge in [-0.1, -0.05) is 0 Å². The van der Waals surface area contributed by atoms with E-state index in [0.717, 1.165) is 30.8 Å². The van der Waals surface area contributed by atoms with Gasteiger partial charge < -0.3 is 19.4 Å². The van der Waals surface area contributed by atoms with E-state index in [2.05, 4.69) is 4.90 Å². The minimum atomic E-state index is -0.0414. The molecular formula is C19H27N3O3. The number of anilines is 1. The summed E-state index contributed by atoms with van der Waals surface area (Å²) in [6.07, 6.45) is 2.68.